The van der Waals surface area contributed by atoms with Crippen LogP contribution in [0.4, 0.5) is 0 Å². The van der Waals surface area contributed by atoms with Gasteiger partial charge in [-0.3, -0.25) is 4.99 Å². The van der Waals surface area contributed by atoms with Crippen molar-refractivity contribution in [2.24, 2.45) is 4.99 Å². The van der Waals surface area contributed by atoms with Crippen LogP contribution in [-0.2, 0) is 16.6 Å². The Kier molecular flexibility index (Phi) is 6.47. The first-order chi connectivity index (χ1) is 9.53. The molecule has 0 heterocycles. The van der Waals surface area contributed by atoms with Gasteiger partial charge in [0.05, 0.1) is 4.90 Å². The fraction of sp³-hybridized carbons (Fsp3) is 0.462. The van der Waals surface area contributed by atoms with Crippen LogP contribution >= 0.6 is 0 Å². The molecule has 0 aliphatic heterocycles. The van der Waals surface area contributed by atoms with Crippen LogP contribution in [0.1, 0.15) is 18.9 Å². The molecule has 0 amide bonds. The molecule has 0 saturated carbocycles. The molecule has 1 aromatic carbocycles. The minimum Gasteiger partial charge on any atom is -0.356 e. The SMILES string of the molecule is CCCNC(=NC)NCc1ccc(S(=O)(=O)NC)cc1. The highest BCUT2D eigenvalue weighted by atomic mass is 32.2. The molecule has 0 fully saturated rings. The van der Waals surface area contributed by atoms with Crippen molar-refractivity contribution in [1.82, 2.24) is 15.4 Å². The lowest BCUT2D eigenvalue weighted by Crippen LogP contribution is -2.37. The Morgan fingerprint density at radius 1 is 1.20 bits per heavy atom. The maximum Gasteiger partial charge on any atom is 0.240 e. The second-order valence-electron chi connectivity index (χ2n) is 4.20. The summed E-state index contributed by atoms with van der Waals surface area (Å²) < 4.78 is 25.5. The summed E-state index contributed by atoms with van der Waals surface area (Å²) in [5.74, 6) is 0.735. The molecule has 0 radical (unpaired) electrons. The number of hydrogen-bond donors (Lipinski definition) is 3. The van der Waals surface area contributed by atoms with E-state index in [9.17, 15) is 8.42 Å². The highest BCUT2D eigenvalue weighted by molar-refractivity contribution is 7.89. The van der Waals surface area contributed by atoms with E-state index in [0.29, 0.717) is 6.54 Å². The summed E-state index contributed by atoms with van der Waals surface area (Å²) in [5, 5.41) is 6.33. The van der Waals surface area contributed by atoms with Crippen molar-refractivity contribution in [3.8, 4) is 0 Å². The minimum atomic E-state index is -3.37. The molecule has 0 aromatic heterocycles. The van der Waals surface area contributed by atoms with E-state index < -0.39 is 10.0 Å². The highest BCUT2D eigenvalue weighted by Crippen LogP contribution is 2.09. The lowest BCUT2D eigenvalue weighted by Gasteiger charge is -2.11. The molecule has 0 atom stereocenters. The molecule has 0 aliphatic carbocycles. The number of rotatable bonds is 6. The molecule has 0 spiro atoms. The standard InChI is InChI=1S/C13H22N4O2S/c1-4-9-16-13(14-2)17-10-11-5-7-12(8-6-11)20(18,19)15-3/h5-8,15H,4,9-10H2,1-3H3,(H2,14,16,17). The molecule has 112 valence electrons. The summed E-state index contributed by atoms with van der Waals surface area (Å²) in [4.78, 5) is 4.36. The molecular formula is C13H22N4O2S. The number of guanidine groups is 1. The Morgan fingerprint density at radius 2 is 1.85 bits per heavy atom. The molecule has 0 bridgehead atoms. The number of benzene rings is 1. The van der Waals surface area contributed by atoms with Crippen molar-refractivity contribution < 1.29 is 8.42 Å². The Morgan fingerprint density at radius 3 is 2.35 bits per heavy atom. The van der Waals surface area contributed by atoms with Gasteiger partial charge in [-0.05, 0) is 31.2 Å². The number of sulfonamides is 1. The molecule has 7 heteroatoms. The van der Waals surface area contributed by atoms with E-state index in [4.69, 9.17) is 0 Å². The number of nitrogens with zero attached hydrogens (tertiary/aromatic N) is 1. The topological polar surface area (TPSA) is 82.6 Å². The van der Waals surface area contributed by atoms with E-state index in [0.717, 1.165) is 24.5 Å². The second-order valence-corrected chi connectivity index (χ2v) is 6.09. The number of aliphatic imine (C=N–C) groups is 1. The van der Waals surface area contributed by atoms with E-state index in [1.54, 1.807) is 31.3 Å². The zero-order valence-corrected chi connectivity index (χ0v) is 12.9. The Hall–Kier alpha value is -1.60. The van der Waals surface area contributed by atoms with Gasteiger partial charge in [-0.25, -0.2) is 13.1 Å². The zero-order valence-electron chi connectivity index (χ0n) is 12.1. The van der Waals surface area contributed by atoms with Crippen LogP contribution in [0.15, 0.2) is 34.2 Å². The van der Waals surface area contributed by atoms with Crippen LogP contribution in [0.3, 0.4) is 0 Å². The van der Waals surface area contributed by atoms with E-state index in [1.165, 1.54) is 7.05 Å². The molecule has 1 rings (SSSR count). The van der Waals surface area contributed by atoms with Gasteiger partial charge in [0.1, 0.15) is 0 Å². The smallest absolute Gasteiger partial charge is 0.240 e. The Balaban J connectivity index is 2.62. The molecule has 0 unspecified atom stereocenters. The second kappa shape index (κ2) is 7.86. The van der Waals surface area contributed by atoms with Crippen LogP contribution in [0.5, 0.6) is 0 Å². The van der Waals surface area contributed by atoms with Gasteiger partial charge in [0, 0.05) is 20.1 Å². The maximum atomic E-state index is 11.6. The number of nitrogens with one attached hydrogen (secondary N) is 3. The van der Waals surface area contributed by atoms with E-state index >= 15 is 0 Å². The summed E-state index contributed by atoms with van der Waals surface area (Å²) in [6.45, 7) is 3.53. The third-order valence-electron chi connectivity index (χ3n) is 2.73. The Bertz CT molecular complexity index is 538. The van der Waals surface area contributed by atoms with Crippen molar-refractivity contribution in [1.29, 1.82) is 0 Å². The first-order valence-electron chi connectivity index (χ1n) is 6.50. The molecular weight excluding hydrogens is 276 g/mol. The molecule has 0 saturated heterocycles. The summed E-state index contributed by atoms with van der Waals surface area (Å²) in [6, 6.07) is 6.74. The van der Waals surface area contributed by atoms with Gasteiger partial charge in [-0.15, -0.1) is 0 Å². The lowest BCUT2D eigenvalue weighted by atomic mass is 10.2. The van der Waals surface area contributed by atoms with Crippen molar-refractivity contribution in [3.63, 3.8) is 0 Å². The molecule has 20 heavy (non-hydrogen) atoms. The fourth-order valence-corrected chi connectivity index (χ4v) is 2.28. The van der Waals surface area contributed by atoms with Crippen molar-refractivity contribution in [2.45, 2.75) is 24.8 Å². The lowest BCUT2D eigenvalue weighted by molar-refractivity contribution is 0.588. The van der Waals surface area contributed by atoms with E-state index in [2.05, 4.69) is 27.3 Å². The quantitative estimate of drug-likeness (QED) is 0.532. The molecule has 0 aliphatic rings. The van der Waals surface area contributed by atoms with Crippen molar-refractivity contribution in [3.05, 3.63) is 29.8 Å². The maximum absolute atomic E-state index is 11.6. The average molecular weight is 298 g/mol. The Labute approximate surface area is 120 Å². The van der Waals surface area contributed by atoms with Gasteiger partial charge < -0.3 is 10.6 Å². The summed E-state index contributed by atoms with van der Waals surface area (Å²) in [7, 11) is -0.257. The minimum absolute atomic E-state index is 0.261. The third kappa shape index (κ3) is 4.82. The zero-order chi connectivity index (χ0) is 15.0. The van der Waals surface area contributed by atoms with E-state index in [-0.39, 0.29) is 4.90 Å². The highest BCUT2D eigenvalue weighted by Gasteiger charge is 2.10. The van der Waals surface area contributed by atoms with Crippen LogP contribution in [0, 0.1) is 0 Å². The average Bonchev–Trinajstić information content (AvgIpc) is 2.48. The predicted molar refractivity (Wildman–Crippen MR) is 81.2 cm³/mol. The third-order valence-corrected chi connectivity index (χ3v) is 4.16. The van der Waals surface area contributed by atoms with Crippen LogP contribution in [0.2, 0.25) is 0 Å². The summed E-state index contributed by atoms with van der Waals surface area (Å²) >= 11 is 0. The van der Waals surface area contributed by atoms with Crippen LogP contribution in [0.25, 0.3) is 0 Å². The van der Waals surface area contributed by atoms with Crippen LogP contribution < -0.4 is 15.4 Å². The van der Waals surface area contributed by atoms with E-state index in [1.807, 2.05) is 0 Å². The summed E-state index contributed by atoms with van der Waals surface area (Å²) in [6.07, 6.45) is 1.03. The van der Waals surface area contributed by atoms with Crippen molar-refractivity contribution >= 4 is 16.0 Å². The normalized spacial score (nSPS) is 12.2. The molecule has 3 N–H and O–H groups in total. The van der Waals surface area contributed by atoms with Crippen molar-refractivity contribution in [2.75, 3.05) is 20.6 Å². The van der Waals surface area contributed by atoms with Gasteiger partial charge in [-0.2, -0.15) is 0 Å². The first-order valence-corrected chi connectivity index (χ1v) is 7.98. The number of hydrogen-bond acceptors (Lipinski definition) is 3. The monoisotopic (exact) mass is 298 g/mol. The molecule has 6 nitrogen and oxygen atoms in total. The van der Waals surface area contributed by atoms with Gasteiger partial charge in [-0.1, -0.05) is 19.1 Å². The largest absolute Gasteiger partial charge is 0.356 e. The van der Waals surface area contributed by atoms with Crippen LogP contribution in [-0.4, -0.2) is 35.0 Å². The van der Waals surface area contributed by atoms with Gasteiger partial charge in [0.15, 0.2) is 5.96 Å². The van der Waals surface area contributed by atoms with Gasteiger partial charge in [0.25, 0.3) is 0 Å². The van der Waals surface area contributed by atoms with Gasteiger partial charge in [0.2, 0.25) is 10.0 Å². The predicted octanol–water partition coefficient (Wildman–Crippen LogP) is 0.670. The first kappa shape index (κ1) is 16.5. The summed E-state index contributed by atoms with van der Waals surface area (Å²) in [5.41, 5.74) is 0.986. The van der Waals surface area contributed by atoms with Gasteiger partial charge >= 0.3 is 0 Å². The fourth-order valence-electron chi connectivity index (χ4n) is 1.55. The molecule has 1 aromatic rings.